The Morgan fingerprint density at radius 3 is 2.67 bits per heavy atom. The van der Waals surface area contributed by atoms with Gasteiger partial charge in [0.1, 0.15) is 11.9 Å². The number of carbonyl (C=O) groups excluding carboxylic acids is 3. The molecule has 4 rings (SSSR count). The number of nitrogens with zero attached hydrogens (tertiary/aromatic N) is 1. The third-order valence-electron chi connectivity index (χ3n) is 6.21. The van der Waals surface area contributed by atoms with E-state index in [4.69, 9.17) is 0 Å². The summed E-state index contributed by atoms with van der Waals surface area (Å²) in [7, 11) is 0. The molecule has 1 aromatic carbocycles. The van der Waals surface area contributed by atoms with Crippen LogP contribution >= 0.6 is 0 Å². The van der Waals surface area contributed by atoms with Crippen LogP contribution in [-0.4, -0.2) is 58.5 Å². The van der Waals surface area contributed by atoms with Gasteiger partial charge in [-0.1, -0.05) is 0 Å². The minimum absolute atomic E-state index is 0.286. The summed E-state index contributed by atoms with van der Waals surface area (Å²) >= 11 is 0. The Labute approximate surface area is 190 Å². The molecule has 0 radical (unpaired) electrons. The van der Waals surface area contributed by atoms with Gasteiger partial charge in [0.05, 0.1) is 17.7 Å². The van der Waals surface area contributed by atoms with Crippen molar-refractivity contribution in [2.75, 3.05) is 25.0 Å². The number of nitrogens with one attached hydrogen (secondary N) is 3. The highest BCUT2D eigenvalue weighted by Gasteiger charge is 2.29. The number of hydrogen-bond donors (Lipinski definition) is 4. The van der Waals surface area contributed by atoms with E-state index in [2.05, 4.69) is 15.6 Å². The fraction of sp³-hybridized carbons (Fsp3) is 0.375. The molecule has 3 amide bonds. The molecule has 33 heavy (non-hydrogen) atoms. The Balaban J connectivity index is 1.58. The van der Waals surface area contributed by atoms with Crippen molar-refractivity contribution < 1.29 is 23.9 Å². The summed E-state index contributed by atoms with van der Waals surface area (Å²) in [5, 5.41) is 15.1. The molecule has 9 heteroatoms. The van der Waals surface area contributed by atoms with Gasteiger partial charge < -0.3 is 25.6 Å². The maximum Gasteiger partial charge on any atom is 0.256 e. The van der Waals surface area contributed by atoms with Gasteiger partial charge in [0.25, 0.3) is 11.8 Å². The topological polar surface area (TPSA) is 115 Å². The maximum absolute atomic E-state index is 13.7. The van der Waals surface area contributed by atoms with Crippen molar-refractivity contribution in [1.29, 1.82) is 0 Å². The second-order valence-corrected chi connectivity index (χ2v) is 8.46. The minimum Gasteiger partial charge on any atom is -0.394 e. The van der Waals surface area contributed by atoms with Crippen LogP contribution in [0.25, 0.3) is 11.6 Å². The number of likely N-dealkylation sites (tertiary alicyclic amines) is 1. The summed E-state index contributed by atoms with van der Waals surface area (Å²) in [4.78, 5) is 43.0. The van der Waals surface area contributed by atoms with Crippen LogP contribution in [-0.2, 0) is 9.59 Å². The Morgan fingerprint density at radius 2 is 1.97 bits per heavy atom. The lowest BCUT2D eigenvalue weighted by Crippen LogP contribution is -2.51. The molecular weight excluding hydrogens is 427 g/mol. The van der Waals surface area contributed by atoms with Gasteiger partial charge in [0.2, 0.25) is 5.91 Å². The summed E-state index contributed by atoms with van der Waals surface area (Å²) in [5.41, 5.74) is 3.26. The average molecular weight is 455 g/mol. The van der Waals surface area contributed by atoms with E-state index < -0.39 is 24.4 Å². The molecule has 0 saturated carbocycles. The maximum atomic E-state index is 13.7. The third-order valence-corrected chi connectivity index (χ3v) is 6.21. The number of aliphatic hydroxyl groups is 1. The quantitative estimate of drug-likeness (QED) is 0.519. The van der Waals surface area contributed by atoms with Gasteiger partial charge in [-0.25, -0.2) is 4.39 Å². The van der Waals surface area contributed by atoms with E-state index in [0.29, 0.717) is 46.9 Å². The first-order valence-corrected chi connectivity index (χ1v) is 11.0. The number of hydrogen-bond acceptors (Lipinski definition) is 4. The fourth-order valence-electron chi connectivity index (χ4n) is 4.46. The number of fused-ring (bicyclic) bond motifs is 1. The van der Waals surface area contributed by atoms with E-state index in [1.54, 1.807) is 24.8 Å². The molecule has 2 aliphatic heterocycles. The number of carbonyl (C=O) groups is 3. The molecule has 8 nitrogen and oxygen atoms in total. The fourth-order valence-corrected chi connectivity index (χ4v) is 4.46. The molecule has 1 fully saturated rings. The van der Waals surface area contributed by atoms with Crippen LogP contribution in [0.4, 0.5) is 10.1 Å². The van der Waals surface area contributed by atoms with Crippen molar-refractivity contribution in [2.24, 2.45) is 0 Å². The van der Waals surface area contributed by atoms with Crippen molar-refractivity contribution >= 4 is 35.1 Å². The molecule has 1 saturated heterocycles. The zero-order valence-corrected chi connectivity index (χ0v) is 18.6. The molecular formula is C24H27FN4O4. The number of H-pyrrole nitrogens is 1. The standard InChI is InChI=1S/C24H27FN4O4/c1-13-19(11-17-16-10-15(25)6-7-18(16)27-22(17)31)26-14(2)21(13)23(32)28-20(12-30)24(33)29-8-4-3-5-9-29/h6-7,10-11,20,26,30H,3-5,8-9,12H2,1-2H3,(H,27,31)(H,28,32)/b17-11-/t20-/m0/s1. The highest BCUT2D eigenvalue weighted by Crippen LogP contribution is 2.34. The average Bonchev–Trinajstić information content (AvgIpc) is 3.26. The molecule has 1 aromatic heterocycles. The van der Waals surface area contributed by atoms with Crippen LogP contribution in [0, 0.1) is 19.7 Å². The smallest absolute Gasteiger partial charge is 0.256 e. The Bertz CT molecular complexity index is 1150. The lowest BCUT2D eigenvalue weighted by atomic mass is 10.0. The van der Waals surface area contributed by atoms with Crippen molar-refractivity contribution in [3.63, 3.8) is 0 Å². The second kappa shape index (κ2) is 9.19. The SMILES string of the molecule is Cc1[nH]c(/C=C2\C(=O)Nc3ccc(F)cc32)c(C)c1C(=O)N[C@@H](CO)C(=O)N1CCCCC1. The lowest BCUT2D eigenvalue weighted by Gasteiger charge is -2.30. The van der Waals surface area contributed by atoms with Gasteiger partial charge in [-0.05, 0) is 62.9 Å². The Hall–Kier alpha value is -3.46. The lowest BCUT2D eigenvalue weighted by molar-refractivity contribution is -0.135. The molecule has 0 bridgehead atoms. The number of aromatic nitrogens is 1. The van der Waals surface area contributed by atoms with Crippen molar-refractivity contribution in [2.45, 2.75) is 39.2 Å². The predicted molar refractivity (Wildman–Crippen MR) is 122 cm³/mol. The minimum atomic E-state index is -1.03. The largest absolute Gasteiger partial charge is 0.394 e. The van der Waals surface area contributed by atoms with Crippen LogP contribution in [0.1, 0.15) is 52.1 Å². The molecule has 1 atom stereocenters. The number of aromatic amines is 1. The summed E-state index contributed by atoms with van der Waals surface area (Å²) in [5.74, 6) is -1.60. The molecule has 0 spiro atoms. The van der Waals surface area contributed by atoms with Gasteiger partial charge in [-0.15, -0.1) is 0 Å². The molecule has 4 N–H and O–H groups in total. The first kappa shape index (κ1) is 22.7. The zero-order chi connectivity index (χ0) is 23.7. The van der Waals surface area contributed by atoms with E-state index in [1.165, 1.54) is 18.2 Å². The molecule has 174 valence electrons. The molecule has 0 unspecified atom stereocenters. The van der Waals surface area contributed by atoms with Gasteiger partial charge >= 0.3 is 0 Å². The number of rotatable bonds is 5. The first-order valence-electron chi connectivity index (χ1n) is 11.0. The summed E-state index contributed by atoms with van der Waals surface area (Å²) in [6, 6.07) is 3.04. The van der Waals surface area contributed by atoms with Crippen molar-refractivity contribution in [3.05, 3.63) is 52.1 Å². The first-order chi connectivity index (χ1) is 15.8. The number of aliphatic hydroxyl groups excluding tert-OH is 1. The number of amides is 3. The van der Waals surface area contributed by atoms with Crippen LogP contribution in [0.2, 0.25) is 0 Å². The molecule has 2 aliphatic rings. The molecule has 3 heterocycles. The van der Waals surface area contributed by atoms with E-state index in [9.17, 15) is 23.9 Å². The number of halogens is 1. The van der Waals surface area contributed by atoms with E-state index >= 15 is 0 Å². The van der Waals surface area contributed by atoms with Crippen LogP contribution in [0.15, 0.2) is 18.2 Å². The normalized spacial score (nSPS) is 17.6. The second-order valence-electron chi connectivity index (χ2n) is 8.46. The molecule has 0 aliphatic carbocycles. The highest BCUT2D eigenvalue weighted by molar-refractivity contribution is 6.34. The number of aryl methyl sites for hydroxylation is 1. The van der Waals surface area contributed by atoms with E-state index in [-0.39, 0.29) is 17.4 Å². The van der Waals surface area contributed by atoms with Crippen LogP contribution in [0.5, 0.6) is 0 Å². The molecule has 2 aromatic rings. The van der Waals surface area contributed by atoms with Crippen molar-refractivity contribution in [3.8, 4) is 0 Å². The summed E-state index contributed by atoms with van der Waals surface area (Å²) < 4.78 is 13.7. The van der Waals surface area contributed by atoms with E-state index in [1.807, 2.05) is 0 Å². The Kier molecular flexibility index (Phi) is 6.33. The van der Waals surface area contributed by atoms with Gasteiger partial charge in [-0.2, -0.15) is 0 Å². The van der Waals surface area contributed by atoms with Crippen LogP contribution in [0.3, 0.4) is 0 Å². The van der Waals surface area contributed by atoms with Gasteiger partial charge in [0, 0.05) is 35.7 Å². The third kappa shape index (κ3) is 4.41. The van der Waals surface area contributed by atoms with Crippen molar-refractivity contribution in [1.82, 2.24) is 15.2 Å². The predicted octanol–water partition coefficient (Wildman–Crippen LogP) is 2.37. The van der Waals surface area contributed by atoms with Crippen LogP contribution < -0.4 is 10.6 Å². The zero-order valence-electron chi connectivity index (χ0n) is 18.6. The summed E-state index contributed by atoms with van der Waals surface area (Å²) in [6.07, 6.45) is 4.47. The number of piperidine rings is 1. The number of anilines is 1. The Morgan fingerprint density at radius 1 is 1.24 bits per heavy atom. The number of benzene rings is 1. The summed E-state index contributed by atoms with van der Waals surface area (Å²) in [6.45, 7) is 4.19. The van der Waals surface area contributed by atoms with Gasteiger partial charge in [0.15, 0.2) is 0 Å². The van der Waals surface area contributed by atoms with Gasteiger partial charge in [-0.3, -0.25) is 14.4 Å². The van der Waals surface area contributed by atoms with E-state index in [0.717, 1.165) is 19.3 Å². The monoisotopic (exact) mass is 454 g/mol. The highest BCUT2D eigenvalue weighted by atomic mass is 19.1.